The second kappa shape index (κ2) is 5.38. The van der Waals surface area contributed by atoms with Crippen LogP contribution in [0.4, 0.5) is 0 Å². The molecule has 1 aromatic heterocycles. The number of phenols is 1. The Bertz CT molecular complexity index is 826. The molecular weight excluding hydrogens is 292 g/mol. The molecule has 0 radical (unpaired) electrons. The lowest BCUT2D eigenvalue weighted by atomic mass is 10.0. The van der Waals surface area contributed by atoms with E-state index in [-0.39, 0.29) is 6.04 Å². The molecule has 4 heteroatoms. The summed E-state index contributed by atoms with van der Waals surface area (Å²) in [6.45, 7) is 3.05. The van der Waals surface area contributed by atoms with Crippen LogP contribution in [-0.4, -0.2) is 15.6 Å². The Morgan fingerprint density at radius 3 is 2.82 bits per heavy atom. The van der Waals surface area contributed by atoms with E-state index in [0.717, 1.165) is 18.5 Å². The van der Waals surface area contributed by atoms with E-state index in [0.29, 0.717) is 5.75 Å². The molecule has 0 spiro atoms. The molecule has 112 valence electrons. The summed E-state index contributed by atoms with van der Waals surface area (Å²) in [6, 6.07) is 14.4. The van der Waals surface area contributed by atoms with E-state index in [2.05, 4.69) is 46.7 Å². The van der Waals surface area contributed by atoms with Crippen molar-refractivity contribution in [2.75, 3.05) is 6.54 Å². The lowest BCUT2D eigenvalue weighted by Gasteiger charge is -2.15. The molecule has 0 aliphatic carbocycles. The third kappa shape index (κ3) is 2.19. The fourth-order valence-corrected chi connectivity index (χ4v) is 4.15. The highest BCUT2D eigenvalue weighted by Gasteiger charge is 2.22. The van der Waals surface area contributed by atoms with E-state index >= 15 is 0 Å². The first-order chi connectivity index (χ1) is 10.7. The molecule has 1 aliphatic rings. The molecule has 1 atom stereocenters. The zero-order chi connectivity index (χ0) is 15.1. The molecule has 1 aliphatic heterocycles. The van der Waals surface area contributed by atoms with Crippen molar-refractivity contribution in [2.45, 2.75) is 24.3 Å². The predicted octanol–water partition coefficient (Wildman–Crippen LogP) is 4.11. The summed E-state index contributed by atoms with van der Waals surface area (Å²) in [7, 11) is 0. The second-order valence-electron chi connectivity index (χ2n) is 5.70. The molecule has 22 heavy (non-hydrogen) atoms. The van der Waals surface area contributed by atoms with Crippen LogP contribution >= 0.6 is 11.9 Å². The Kier molecular flexibility index (Phi) is 3.36. The van der Waals surface area contributed by atoms with E-state index in [1.807, 2.05) is 18.2 Å². The molecule has 1 unspecified atom stereocenters. The molecule has 2 N–H and O–H groups in total. The van der Waals surface area contributed by atoms with Gasteiger partial charge in [-0.2, -0.15) is 0 Å². The smallest absolute Gasteiger partial charge is 0.121 e. The number of aromatic hydroxyl groups is 1. The SMILES string of the molecule is CC1NCCc2cn(Sc3ccccc3)c3ccc(O)c1c23. The first-order valence-electron chi connectivity index (χ1n) is 7.56. The van der Waals surface area contributed by atoms with Gasteiger partial charge >= 0.3 is 0 Å². The quantitative estimate of drug-likeness (QED) is 0.748. The molecule has 2 heterocycles. The molecule has 0 amide bonds. The predicted molar refractivity (Wildman–Crippen MR) is 91.4 cm³/mol. The lowest BCUT2D eigenvalue weighted by Crippen LogP contribution is -2.19. The van der Waals surface area contributed by atoms with Crippen molar-refractivity contribution in [2.24, 2.45) is 0 Å². The van der Waals surface area contributed by atoms with E-state index in [4.69, 9.17) is 0 Å². The molecule has 2 aromatic carbocycles. The first-order valence-corrected chi connectivity index (χ1v) is 8.34. The van der Waals surface area contributed by atoms with Crippen LogP contribution < -0.4 is 5.32 Å². The van der Waals surface area contributed by atoms with Gasteiger partial charge in [-0.25, -0.2) is 0 Å². The van der Waals surface area contributed by atoms with Crippen molar-refractivity contribution in [3.05, 3.63) is 59.8 Å². The van der Waals surface area contributed by atoms with Crippen molar-refractivity contribution in [1.82, 2.24) is 9.29 Å². The fourth-order valence-electron chi connectivity index (χ4n) is 3.22. The highest BCUT2D eigenvalue weighted by atomic mass is 32.2. The van der Waals surface area contributed by atoms with Gasteiger partial charge in [0.25, 0.3) is 0 Å². The molecule has 4 rings (SSSR count). The van der Waals surface area contributed by atoms with Gasteiger partial charge in [0, 0.05) is 28.1 Å². The molecule has 3 aromatic rings. The maximum absolute atomic E-state index is 10.3. The Hall–Kier alpha value is -1.91. The number of rotatable bonds is 2. The summed E-state index contributed by atoms with van der Waals surface area (Å²) >= 11 is 1.72. The minimum atomic E-state index is 0.169. The van der Waals surface area contributed by atoms with Gasteiger partial charge in [-0.15, -0.1) is 0 Å². The van der Waals surface area contributed by atoms with Crippen molar-refractivity contribution >= 4 is 22.9 Å². The van der Waals surface area contributed by atoms with E-state index in [1.165, 1.54) is 21.4 Å². The van der Waals surface area contributed by atoms with E-state index in [9.17, 15) is 5.11 Å². The van der Waals surface area contributed by atoms with Crippen LogP contribution in [0.15, 0.2) is 53.6 Å². The molecular formula is C18H18N2OS. The number of phenolic OH excluding ortho intramolecular Hbond substituents is 1. The third-order valence-electron chi connectivity index (χ3n) is 4.26. The van der Waals surface area contributed by atoms with E-state index < -0.39 is 0 Å². The third-order valence-corrected chi connectivity index (χ3v) is 5.24. The molecule has 0 fully saturated rings. The van der Waals surface area contributed by atoms with Gasteiger partial charge < -0.3 is 10.4 Å². The summed E-state index contributed by atoms with van der Waals surface area (Å²) in [5, 5.41) is 15.0. The average Bonchev–Trinajstić information content (AvgIpc) is 2.76. The largest absolute Gasteiger partial charge is 0.508 e. The number of aromatic nitrogens is 1. The Morgan fingerprint density at radius 1 is 1.18 bits per heavy atom. The normalized spacial score (nSPS) is 17.6. The number of hydrogen-bond acceptors (Lipinski definition) is 3. The van der Waals surface area contributed by atoms with Crippen LogP contribution in [0.25, 0.3) is 10.9 Å². The van der Waals surface area contributed by atoms with Crippen molar-refractivity contribution in [3.63, 3.8) is 0 Å². The average molecular weight is 310 g/mol. The van der Waals surface area contributed by atoms with Crippen molar-refractivity contribution < 1.29 is 5.11 Å². The Labute approximate surface area is 134 Å². The number of benzene rings is 2. The first kappa shape index (κ1) is 13.7. The topological polar surface area (TPSA) is 37.2 Å². The summed E-state index contributed by atoms with van der Waals surface area (Å²) in [6.07, 6.45) is 3.20. The minimum absolute atomic E-state index is 0.169. The maximum atomic E-state index is 10.3. The van der Waals surface area contributed by atoms with Crippen LogP contribution in [0.3, 0.4) is 0 Å². The maximum Gasteiger partial charge on any atom is 0.121 e. The molecule has 0 saturated carbocycles. The van der Waals surface area contributed by atoms with E-state index in [1.54, 1.807) is 11.9 Å². The zero-order valence-corrected chi connectivity index (χ0v) is 13.2. The standard InChI is InChI=1S/C18H18N2OS/c1-12-17-16(21)8-7-15-18(17)13(9-10-19-12)11-20(15)22-14-5-3-2-4-6-14/h2-8,11-12,19,21H,9-10H2,1H3. The Morgan fingerprint density at radius 2 is 2.00 bits per heavy atom. The van der Waals surface area contributed by atoms with Gasteiger partial charge in [-0.3, -0.25) is 3.97 Å². The van der Waals surface area contributed by atoms with Crippen LogP contribution in [-0.2, 0) is 6.42 Å². The van der Waals surface area contributed by atoms with Crippen LogP contribution in [0.2, 0.25) is 0 Å². The summed E-state index contributed by atoms with van der Waals surface area (Å²) in [5.41, 5.74) is 3.51. The van der Waals surface area contributed by atoms with Gasteiger partial charge in [-0.05, 0) is 61.7 Å². The van der Waals surface area contributed by atoms with Gasteiger partial charge in [0.2, 0.25) is 0 Å². The van der Waals surface area contributed by atoms with Crippen LogP contribution in [0, 0.1) is 0 Å². The fraction of sp³-hybridized carbons (Fsp3) is 0.222. The molecule has 3 nitrogen and oxygen atoms in total. The van der Waals surface area contributed by atoms with Gasteiger partial charge in [-0.1, -0.05) is 18.2 Å². The van der Waals surface area contributed by atoms with Gasteiger partial charge in [0.15, 0.2) is 0 Å². The number of nitrogens with zero attached hydrogens (tertiary/aromatic N) is 1. The van der Waals surface area contributed by atoms with Crippen molar-refractivity contribution in [1.29, 1.82) is 0 Å². The van der Waals surface area contributed by atoms with Gasteiger partial charge in [0.1, 0.15) is 5.75 Å². The number of nitrogens with one attached hydrogen (secondary N) is 1. The highest BCUT2D eigenvalue weighted by molar-refractivity contribution is 7.98. The summed E-state index contributed by atoms with van der Waals surface area (Å²) < 4.78 is 2.22. The lowest BCUT2D eigenvalue weighted by molar-refractivity contribution is 0.457. The second-order valence-corrected chi connectivity index (χ2v) is 6.75. The molecule has 0 saturated heterocycles. The van der Waals surface area contributed by atoms with Crippen LogP contribution in [0.1, 0.15) is 24.1 Å². The summed E-state index contributed by atoms with van der Waals surface area (Å²) in [4.78, 5) is 1.21. The monoisotopic (exact) mass is 310 g/mol. The summed E-state index contributed by atoms with van der Waals surface area (Å²) in [5.74, 6) is 0.387. The number of hydrogen-bond donors (Lipinski definition) is 2. The van der Waals surface area contributed by atoms with Gasteiger partial charge in [0.05, 0.1) is 5.52 Å². The Balaban J connectivity index is 1.90. The van der Waals surface area contributed by atoms with Crippen molar-refractivity contribution in [3.8, 4) is 5.75 Å². The zero-order valence-electron chi connectivity index (χ0n) is 12.4. The highest BCUT2D eigenvalue weighted by Crippen LogP contribution is 2.39. The van der Waals surface area contributed by atoms with Crippen LogP contribution in [0.5, 0.6) is 5.75 Å². The minimum Gasteiger partial charge on any atom is -0.508 e. The molecule has 0 bridgehead atoms.